The predicted molar refractivity (Wildman–Crippen MR) is 52.1 cm³/mol. The van der Waals surface area contributed by atoms with Crippen LogP contribution >= 0.6 is 0 Å². The number of aliphatic hydroxyl groups is 1. The van der Waals surface area contributed by atoms with E-state index in [1.165, 1.54) is 6.26 Å². The van der Waals surface area contributed by atoms with Crippen molar-refractivity contribution in [1.29, 1.82) is 0 Å². The number of furan rings is 1. The lowest BCUT2D eigenvalue weighted by atomic mass is 10.2. The highest BCUT2D eigenvalue weighted by atomic mass is 16.3. The van der Waals surface area contributed by atoms with E-state index in [9.17, 15) is 4.79 Å². The number of hydrogen-bond donors (Lipinski definition) is 2. The quantitative estimate of drug-likeness (QED) is 0.759. The number of rotatable bonds is 4. The fourth-order valence-electron chi connectivity index (χ4n) is 1.13. The molecule has 0 fully saturated rings. The molecule has 0 saturated carbocycles. The van der Waals surface area contributed by atoms with Gasteiger partial charge >= 0.3 is 0 Å². The van der Waals surface area contributed by atoms with Gasteiger partial charge < -0.3 is 14.8 Å². The zero-order valence-corrected chi connectivity index (χ0v) is 8.41. The largest absolute Gasteiger partial charge is 0.459 e. The molecule has 4 heteroatoms. The summed E-state index contributed by atoms with van der Waals surface area (Å²) in [5, 5.41) is 11.6. The molecular weight excluding hydrogens is 182 g/mol. The Bertz CT molecular complexity index is 302. The molecular formula is C10H15NO3. The van der Waals surface area contributed by atoms with Crippen LogP contribution in [-0.2, 0) is 0 Å². The minimum Gasteiger partial charge on any atom is -0.459 e. The second kappa shape index (κ2) is 4.81. The minimum absolute atomic E-state index is 0.0536. The average molecular weight is 197 g/mol. The van der Waals surface area contributed by atoms with Crippen LogP contribution in [0.4, 0.5) is 0 Å². The van der Waals surface area contributed by atoms with Gasteiger partial charge in [0.25, 0.3) is 5.91 Å². The summed E-state index contributed by atoms with van der Waals surface area (Å²) in [4.78, 5) is 11.5. The van der Waals surface area contributed by atoms with Gasteiger partial charge in [0.05, 0.1) is 18.9 Å². The smallest absolute Gasteiger partial charge is 0.287 e. The number of carbonyl (C=O) groups excluding carboxylic acids is 1. The van der Waals surface area contributed by atoms with E-state index in [-0.39, 0.29) is 18.6 Å². The highest BCUT2D eigenvalue weighted by Crippen LogP contribution is 2.08. The fourth-order valence-corrected chi connectivity index (χ4v) is 1.13. The Morgan fingerprint density at radius 2 is 2.43 bits per heavy atom. The first kappa shape index (κ1) is 10.8. The van der Waals surface area contributed by atoms with E-state index in [0.29, 0.717) is 12.2 Å². The van der Waals surface area contributed by atoms with Crippen molar-refractivity contribution in [3.05, 3.63) is 23.7 Å². The predicted octanol–water partition coefficient (Wildman–Crippen LogP) is 1.09. The monoisotopic (exact) mass is 197 g/mol. The second-order valence-electron chi connectivity index (χ2n) is 3.19. The van der Waals surface area contributed by atoms with Crippen molar-refractivity contribution < 1.29 is 14.3 Å². The molecule has 0 aliphatic heterocycles. The molecule has 1 amide bonds. The normalized spacial score (nSPS) is 12.5. The van der Waals surface area contributed by atoms with Crippen molar-refractivity contribution >= 4 is 5.91 Å². The molecule has 1 aromatic rings. The summed E-state index contributed by atoms with van der Waals surface area (Å²) in [5.41, 5.74) is 0.801. The SMILES string of the molecule is CC[C@H](CO)NC(=O)c1occc1C. The summed E-state index contributed by atoms with van der Waals surface area (Å²) in [6.45, 7) is 3.65. The van der Waals surface area contributed by atoms with Crippen LogP contribution in [0.5, 0.6) is 0 Å². The molecule has 4 nitrogen and oxygen atoms in total. The molecule has 2 N–H and O–H groups in total. The first-order chi connectivity index (χ1) is 6.69. The molecule has 0 aromatic carbocycles. The van der Waals surface area contributed by atoms with Crippen LogP contribution in [0.2, 0.25) is 0 Å². The lowest BCUT2D eigenvalue weighted by Gasteiger charge is -2.12. The highest BCUT2D eigenvalue weighted by Gasteiger charge is 2.15. The van der Waals surface area contributed by atoms with E-state index in [4.69, 9.17) is 9.52 Å². The number of aryl methyl sites for hydroxylation is 1. The van der Waals surface area contributed by atoms with Crippen molar-refractivity contribution in [1.82, 2.24) is 5.32 Å². The van der Waals surface area contributed by atoms with Gasteiger partial charge in [0.2, 0.25) is 0 Å². The zero-order valence-electron chi connectivity index (χ0n) is 8.41. The zero-order chi connectivity index (χ0) is 10.6. The van der Waals surface area contributed by atoms with Crippen LogP contribution in [0.15, 0.2) is 16.7 Å². The maximum atomic E-state index is 11.5. The first-order valence-electron chi connectivity index (χ1n) is 4.64. The molecule has 1 atom stereocenters. The first-order valence-corrected chi connectivity index (χ1v) is 4.64. The summed E-state index contributed by atoms with van der Waals surface area (Å²) < 4.78 is 5.02. The number of carbonyl (C=O) groups is 1. The van der Waals surface area contributed by atoms with Gasteiger partial charge in [0, 0.05) is 5.56 Å². The van der Waals surface area contributed by atoms with Gasteiger partial charge in [-0.3, -0.25) is 4.79 Å². The third kappa shape index (κ3) is 2.35. The van der Waals surface area contributed by atoms with Gasteiger partial charge in [0.15, 0.2) is 5.76 Å². The van der Waals surface area contributed by atoms with Crippen LogP contribution < -0.4 is 5.32 Å². The molecule has 0 radical (unpaired) electrons. The van der Waals surface area contributed by atoms with Crippen LogP contribution in [0.25, 0.3) is 0 Å². The third-order valence-electron chi connectivity index (χ3n) is 2.12. The van der Waals surface area contributed by atoms with Crippen LogP contribution in [0.1, 0.15) is 29.5 Å². The summed E-state index contributed by atoms with van der Waals surface area (Å²) in [5.74, 6) is 0.0466. The Hall–Kier alpha value is -1.29. The summed E-state index contributed by atoms with van der Waals surface area (Å²) in [6.07, 6.45) is 2.17. The topological polar surface area (TPSA) is 62.5 Å². The maximum absolute atomic E-state index is 11.5. The number of aliphatic hydroxyl groups excluding tert-OH is 1. The molecule has 1 rings (SSSR count). The third-order valence-corrected chi connectivity index (χ3v) is 2.12. The van der Waals surface area contributed by atoms with Crippen molar-refractivity contribution in [3.63, 3.8) is 0 Å². The standard InChI is InChI=1S/C10H15NO3/c1-3-8(6-12)11-10(13)9-7(2)4-5-14-9/h4-5,8,12H,3,6H2,1-2H3,(H,11,13)/t8-/m1/s1. The number of hydrogen-bond acceptors (Lipinski definition) is 3. The van der Waals surface area contributed by atoms with Gasteiger partial charge in [0.1, 0.15) is 0 Å². The van der Waals surface area contributed by atoms with Gasteiger partial charge in [-0.1, -0.05) is 6.92 Å². The molecule has 0 aliphatic rings. The molecule has 0 bridgehead atoms. The van der Waals surface area contributed by atoms with Crippen LogP contribution in [0, 0.1) is 6.92 Å². The highest BCUT2D eigenvalue weighted by molar-refractivity contribution is 5.92. The van der Waals surface area contributed by atoms with Gasteiger partial charge in [-0.2, -0.15) is 0 Å². The van der Waals surface area contributed by atoms with Gasteiger partial charge in [-0.15, -0.1) is 0 Å². The van der Waals surface area contributed by atoms with Crippen molar-refractivity contribution in [3.8, 4) is 0 Å². The molecule has 0 saturated heterocycles. The van der Waals surface area contributed by atoms with Crippen LogP contribution in [-0.4, -0.2) is 23.7 Å². The van der Waals surface area contributed by atoms with E-state index >= 15 is 0 Å². The Kier molecular flexibility index (Phi) is 3.71. The van der Waals surface area contributed by atoms with E-state index in [1.807, 2.05) is 6.92 Å². The molecule has 1 heterocycles. The summed E-state index contributed by atoms with van der Waals surface area (Å²) in [6, 6.07) is 1.53. The van der Waals surface area contributed by atoms with Crippen molar-refractivity contribution in [2.45, 2.75) is 26.3 Å². The molecule has 1 aromatic heterocycles. The van der Waals surface area contributed by atoms with E-state index in [0.717, 1.165) is 5.56 Å². The molecule has 0 aliphatic carbocycles. The Labute approximate surface area is 82.9 Å². The Balaban J connectivity index is 2.63. The minimum atomic E-state index is -0.270. The molecule has 14 heavy (non-hydrogen) atoms. The fraction of sp³-hybridized carbons (Fsp3) is 0.500. The van der Waals surface area contributed by atoms with Crippen LogP contribution in [0.3, 0.4) is 0 Å². The van der Waals surface area contributed by atoms with E-state index in [2.05, 4.69) is 5.32 Å². The van der Waals surface area contributed by atoms with E-state index < -0.39 is 0 Å². The van der Waals surface area contributed by atoms with Crippen molar-refractivity contribution in [2.24, 2.45) is 0 Å². The lowest BCUT2D eigenvalue weighted by molar-refractivity contribution is 0.0886. The summed E-state index contributed by atoms with van der Waals surface area (Å²) >= 11 is 0. The molecule has 78 valence electrons. The molecule has 0 unspecified atom stereocenters. The second-order valence-corrected chi connectivity index (χ2v) is 3.19. The Morgan fingerprint density at radius 1 is 1.71 bits per heavy atom. The van der Waals surface area contributed by atoms with Crippen molar-refractivity contribution in [2.75, 3.05) is 6.61 Å². The number of amides is 1. The van der Waals surface area contributed by atoms with Gasteiger partial charge in [-0.05, 0) is 19.4 Å². The molecule has 0 spiro atoms. The maximum Gasteiger partial charge on any atom is 0.287 e. The summed E-state index contributed by atoms with van der Waals surface area (Å²) in [7, 11) is 0. The van der Waals surface area contributed by atoms with Gasteiger partial charge in [-0.25, -0.2) is 0 Å². The Morgan fingerprint density at radius 3 is 2.86 bits per heavy atom. The van der Waals surface area contributed by atoms with E-state index in [1.54, 1.807) is 13.0 Å². The number of nitrogens with one attached hydrogen (secondary N) is 1. The lowest BCUT2D eigenvalue weighted by Crippen LogP contribution is -2.36. The average Bonchev–Trinajstić information content (AvgIpc) is 2.60.